The second kappa shape index (κ2) is 12.5. The summed E-state index contributed by atoms with van der Waals surface area (Å²) >= 11 is 5.54. The number of rotatable bonds is 5. The van der Waals surface area contributed by atoms with E-state index in [4.69, 9.17) is 16.7 Å². The van der Waals surface area contributed by atoms with Crippen LogP contribution in [0.4, 0.5) is 0 Å². The van der Waals surface area contributed by atoms with E-state index >= 15 is 0 Å². The maximum Gasteiger partial charge on any atom is 0.236 e. The first-order valence-electron chi connectivity index (χ1n) is 11.3. The van der Waals surface area contributed by atoms with Crippen molar-refractivity contribution in [2.24, 2.45) is 0 Å². The number of pyridine rings is 1. The highest BCUT2D eigenvalue weighted by molar-refractivity contribution is 6.30. The number of aliphatic hydroxyl groups excluding tert-OH is 1. The van der Waals surface area contributed by atoms with Crippen molar-refractivity contribution in [1.82, 2.24) is 14.8 Å². The first-order chi connectivity index (χ1) is 16.0. The number of benzene rings is 2. The lowest BCUT2D eigenvalue weighted by Crippen LogP contribution is -2.42. The smallest absolute Gasteiger partial charge is 0.236 e. The highest BCUT2D eigenvalue weighted by Crippen LogP contribution is 2.31. The Labute approximate surface area is 201 Å². The van der Waals surface area contributed by atoms with Crippen molar-refractivity contribution in [2.45, 2.75) is 25.4 Å². The van der Waals surface area contributed by atoms with Crippen molar-refractivity contribution in [3.63, 3.8) is 0 Å². The summed E-state index contributed by atoms with van der Waals surface area (Å²) in [4.78, 5) is 20.4. The first-order valence-corrected chi connectivity index (χ1v) is 11.6. The third kappa shape index (κ3) is 7.67. The van der Waals surface area contributed by atoms with Crippen molar-refractivity contribution in [1.29, 1.82) is 0 Å². The van der Waals surface area contributed by atoms with Crippen LogP contribution in [-0.2, 0) is 11.4 Å². The van der Waals surface area contributed by atoms with Crippen molar-refractivity contribution in [3.05, 3.63) is 89.2 Å². The third-order valence-corrected chi connectivity index (χ3v) is 5.96. The molecule has 6 heteroatoms. The highest BCUT2D eigenvalue weighted by Gasteiger charge is 2.24. The van der Waals surface area contributed by atoms with Crippen LogP contribution in [0, 0.1) is 0 Å². The van der Waals surface area contributed by atoms with Gasteiger partial charge in [0.25, 0.3) is 0 Å². The van der Waals surface area contributed by atoms with Crippen LogP contribution in [0.25, 0.3) is 11.1 Å². The number of likely N-dealkylation sites (N-methyl/N-ethyl adjacent to an activating group) is 1. The van der Waals surface area contributed by atoms with E-state index < -0.39 is 0 Å². The molecule has 1 fully saturated rings. The van der Waals surface area contributed by atoms with Gasteiger partial charge in [0.15, 0.2) is 0 Å². The molecule has 0 spiro atoms. The Bertz CT molecular complexity index is 1000. The fourth-order valence-corrected chi connectivity index (χ4v) is 4.05. The van der Waals surface area contributed by atoms with E-state index in [1.807, 2.05) is 72.6 Å². The number of halogens is 1. The molecule has 3 aromatic rings. The van der Waals surface area contributed by atoms with Gasteiger partial charge in [-0.25, -0.2) is 0 Å². The maximum absolute atomic E-state index is 12.2. The molecule has 2 heterocycles. The van der Waals surface area contributed by atoms with Crippen LogP contribution < -0.4 is 0 Å². The van der Waals surface area contributed by atoms with Gasteiger partial charge in [-0.1, -0.05) is 60.1 Å². The molecular weight excluding hydrogens is 434 g/mol. The van der Waals surface area contributed by atoms with Crippen LogP contribution in [-0.4, -0.2) is 59.5 Å². The number of piperidine rings is 1. The summed E-state index contributed by atoms with van der Waals surface area (Å²) in [6.45, 7) is 2.10. The van der Waals surface area contributed by atoms with Gasteiger partial charge in [-0.15, -0.1) is 0 Å². The van der Waals surface area contributed by atoms with E-state index in [2.05, 4.69) is 29.2 Å². The summed E-state index contributed by atoms with van der Waals surface area (Å²) in [6.07, 6.45) is 3.82. The van der Waals surface area contributed by atoms with Gasteiger partial charge in [0.1, 0.15) is 0 Å². The SMILES string of the molecule is CN(C)CC(=O)N1CCC(c2cccc(-c3ccc(CO)nc3)c2)CC1.Clc1ccccc1. The summed E-state index contributed by atoms with van der Waals surface area (Å²) in [6, 6.07) is 21.9. The van der Waals surface area contributed by atoms with Gasteiger partial charge in [-0.3, -0.25) is 9.78 Å². The van der Waals surface area contributed by atoms with Crippen LogP contribution >= 0.6 is 11.6 Å². The lowest BCUT2D eigenvalue weighted by molar-refractivity contribution is -0.132. The third-order valence-electron chi connectivity index (χ3n) is 5.71. The predicted octanol–water partition coefficient (Wildman–Crippen LogP) is 4.85. The summed E-state index contributed by atoms with van der Waals surface area (Å²) < 4.78 is 0. The quantitative estimate of drug-likeness (QED) is 0.585. The van der Waals surface area contributed by atoms with E-state index in [0.29, 0.717) is 18.2 Å². The minimum atomic E-state index is -0.0363. The zero-order valence-electron chi connectivity index (χ0n) is 19.3. The summed E-state index contributed by atoms with van der Waals surface area (Å²) in [5.74, 6) is 0.709. The van der Waals surface area contributed by atoms with Gasteiger partial charge in [0, 0.05) is 29.9 Å². The summed E-state index contributed by atoms with van der Waals surface area (Å²) in [5, 5.41) is 9.92. The number of carbonyl (C=O) groups excluding carboxylic acids is 1. The monoisotopic (exact) mass is 465 g/mol. The molecule has 2 aromatic carbocycles. The molecule has 4 rings (SSSR count). The van der Waals surface area contributed by atoms with Crippen molar-refractivity contribution >= 4 is 17.5 Å². The molecule has 0 saturated carbocycles. The molecule has 1 N–H and O–H groups in total. The standard InChI is InChI=1S/C21H27N3O2.C6H5Cl/c1-23(2)14-21(26)24-10-8-16(9-11-24)17-4-3-5-18(12-17)19-6-7-20(15-25)22-13-19;7-6-4-2-1-3-5-6/h3-7,12-13,16,25H,8-11,14-15H2,1-2H3;1-5H. The molecule has 1 saturated heterocycles. The fourth-order valence-electron chi connectivity index (χ4n) is 3.91. The Kier molecular flexibility index (Phi) is 9.43. The van der Waals surface area contributed by atoms with E-state index in [-0.39, 0.29) is 12.5 Å². The van der Waals surface area contributed by atoms with Crippen LogP contribution in [0.2, 0.25) is 5.02 Å². The number of amides is 1. The van der Waals surface area contributed by atoms with E-state index in [0.717, 1.165) is 42.1 Å². The molecule has 1 aromatic heterocycles. The second-order valence-corrected chi connectivity index (χ2v) is 8.95. The molecule has 1 amide bonds. The van der Waals surface area contributed by atoms with Gasteiger partial charge in [0.05, 0.1) is 18.8 Å². The number of carbonyl (C=O) groups is 1. The molecule has 0 radical (unpaired) electrons. The molecule has 0 aliphatic carbocycles. The Hall–Kier alpha value is -2.73. The normalized spacial score (nSPS) is 14.0. The molecule has 33 heavy (non-hydrogen) atoms. The molecule has 174 valence electrons. The molecule has 5 nitrogen and oxygen atoms in total. The number of aromatic nitrogens is 1. The number of hydrogen-bond donors (Lipinski definition) is 1. The minimum absolute atomic E-state index is 0.0363. The number of aliphatic hydroxyl groups is 1. The molecule has 0 atom stereocenters. The molecule has 1 aliphatic heterocycles. The van der Waals surface area contributed by atoms with E-state index in [1.165, 1.54) is 5.56 Å². The lowest BCUT2D eigenvalue weighted by Gasteiger charge is -2.33. The van der Waals surface area contributed by atoms with Gasteiger partial charge in [0.2, 0.25) is 5.91 Å². The van der Waals surface area contributed by atoms with Crippen molar-refractivity contribution in [3.8, 4) is 11.1 Å². The van der Waals surface area contributed by atoms with Crippen LogP contribution in [0.3, 0.4) is 0 Å². The largest absolute Gasteiger partial charge is 0.390 e. The zero-order valence-corrected chi connectivity index (χ0v) is 20.1. The maximum atomic E-state index is 12.2. The van der Waals surface area contributed by atoms with Crippen LogP contribution in [0.1, 0.15) is 30.0 Å². The molecule has 0 unspecified atom stereocenters. The number of likely N-dealkylation sites (tertiary alicyclic amines) is 1. The second-order valence-electron chi connectivity index (χ2n) is 8.51. The number of hydrogen-bond acceptors (Lipinski definition) is 4. The Morgan fingerprint density at radius 2 is 1.76 bits per heavy atom. The number of nitrogens with zero attached hydrogens (tertiary/aromatic N) is 3. The van der Waals surface area contributed by atoms with Crippen molar-refractivity contribution in [2.75, 3.05) is 33.7 Å². The van der Waals surface area contributed by atoms with Gasteiger partial charge >= 0.3 is 0 Å². The van der Waals surface area contributed by atoms with Gasteiger partial charge in [-0.05, 0) is 62.2 Å². The topological polar surface area (TPSA) is 56.7 Å². The summed E-state index contributed by atoms with van der Waals surface area (Å²) in [5.41, 5.74) is 4.21. The van der Waals surface area contributed by atoms with Crippen molar-refractivity contribution < 1.29 is 9.90 Å². The average molecular weight is 466 g/mol. The van der Waals surface area contributed by atoms with Crippen LogP contribution in [0.5, 0.6) is 0 Å². The minimum Gasteiger partial charge on any atom is -0.390 e. The fraction of sp³-hybridized carbons (Fsp3) is 0.333. The van der Waals surface area contributed by atoms with E-state index in [9.17, 15) is 4.79 Å². The first kappa shape index (κ1) is 24.9. The Morgan fingerprint density at radius 1 is 1.03 bits per heavy atom. The molecule has 0 bridgehead atoms. The summed E-state index contributed by atoms with van der Waals surface area (Å²) in [7, 11) is 3.86. The van der Waals surface area contributed by atoms with Crippen LogP contribution in [0.15, 0.2) is 72.9 Å². The molecular formula is C27H32ClN3O2. The highest BCUT2D eigenvalue weighted by atomic mass is 35.5. The van der Waals surface area contributed by atoms with E-state index in [1.54, 1.807) is 0 Å². The Balaban J connectivity index is 0.000000374. The predicted molar refractivity (Wildman–Crippen MR) is 134 cm³/mol. The lowest BCUT2D eigenvalue weighted by atomic mass is 9.88. The Morgan fingerprint density at radius 3 is 2.30 bits per heavy atom. The van der Waals surface area contributed by atoms with Gasteiger partial charge in [-0.2, -0.15) is 0 Å². The molecule has 1 aliphatic rings. The zero-order chi connectivity index (χ0) is 23.6. The average Bonchev–Trinajstić information content (AvgIpc) is 2.85. The van der Waals surface area contributed by atoms with Gasteiger partial charge < -0.3 is 14.9 Å².